The van der Waals surface area contributed by atoms with E-state index in [9.17, 15) is 9.18 Å². The first kappa shape index (κ1) is 19.4. The largest absolute Gasteiger partial charge is 0.497 e. The fraction of sp³-hybridized carbons (Fsp3) is 0.0833. The minimum absolute atomic E-state index is 0.268. The summed E-state index contributed by atoms with van der Waals surface area (Å²) in [6, 6.07) is 24.8. The number of amides is 1. The van der Waals surface area contributed by atoms with Crippen molar-refractivity contribution in [2.45, 2.75) is 6.54 Å². The third-order valence-electron chi connectivity index (χ3n) is 4.69. The number of ether oxygens (including phenoxy) is 1. The second-order valence-electron chi connectivity index (χ2n) is 6.70. The standard InChI is InChI=1S/C24H20FN3O2/c1-30-21-13-9-18(10-14-21)22-15-23(28(27-22)20-5-3-2-4-6-20)24(29)26-16-17-7-11-19(25)12-8-17/h2-15H,16H2,1H3,(H,26,29). The Kier molecular flexibility index (Phi) is 5.57. The first-order valence-corrected chi connectivity index (χ1v) is 9.46. The topological polar surface area (TPSA) is 56.1 Å². The molecule has 0 saturated carbocycles. The van der Waals surface area contributed by atoms with Gasteiger partial charge in [0.25, 0.3) is 5.91 Å². The number of methoxy groups -OCH3 is 1. The van der Waals surface area contributed by atoms with Crippen LogP contribution in [0.15, 0.2) is 84.9 Å². The Balaban J connectivity index is 1.65. The molecule has 4 aromatic rings. The molecule has 0 saturated heterocycles. The number of nitrogens with one attached hydrogen (secondary N) is 1. The lowest BCUT2D eigenvalue weighted by Crippen LogP contribution is -2.25. The summed E-state index contributed by atoms with van der Waals surface area (Å²) >= 11 is 0. The Morgan fingerprint density at radius 2 is 1.70 bits per heavy atom. The van der Waals surface area contributed by atoms with Crippen LogP contribution in [0.2, 0.25) is 0 Å². The molecule has 1 heterocycles. The minimum atomic E-state index is -0.309. The lowest BCUT2D eigenvalue weighted by Gasteiger charge is -2.08. The first-order valence-electron chi connectivity index (χ1n) is 9.46. The smallest absolute Gasteiger partial charge is 0.270 e. The van der Waals surface area contributed by atoms with Gasteiger partial charge in [-0.15, -0.1) is 0 Å². The number of carbonyl (C=O) groups is 1. The molecular weight excluding hydrogens is 381 g/mol. The van der Waals surface area contributed by atoms with E-state index in [1.165, 1.54) is 12.1 Å². The van der Waals surface area contributed by atoms with E-state index in [4.69, 9.17) is 4.74 Å². The van der Waals surface area contributed by atoms with Crippen molar-refractivity contribution in [2.24, 2.45) is 0 Å². The summed E-state index contributed by atoms with van der Waals surface area (Å²) < 4.78 is 19.9. The van der Waals surface area contributed by atoms with E-state index in [-0.39, 0.29) is 18.3 Å². The Hall–Kier alpha value is -3.93. The van der Waals surface area contributed by atoms with Gasteiger partial charge in [-0.3, -0.25) is 4.79 Å². The predicted octanol–water partition coefficient (Wildman–Crippen LogP) is 4.62. The van der Waals surface area contributed by atoms with E-state index in [0.717, 1.165) is 22.6 Å². The van der Waals surface area contributed by atoms with Crippen LogP contribution in [0.25, 0.3) is 16.9 Å². The van der Waals surface area contributed by atoms with E-state index in [2.05, 4.69) is 10.4 Å². The molecule has 150 valence electrons. The van der Waals surface area contributed by atoms with Gasteiger partial charge in [0.1, 0.15) is 17.3 Å². The highest BCUT2D eigenvalue weighted by atomic mass is 19.1. The molecule has 1 N–H and O–H groups in total. The van der Waals surface area contributed by atoms with Crippen LogP contribution < -0.4 is 10.1 Å². The number of rotatable bonds is 6. The van der Waals surface area contributed by atoms with Crippen molar-refractivity contribution >= 4 is 5.91 Å². The van der Waals surface area contributed by atoms with Crippen molar-refractivity contribution in [2.75, 3.05) is 7.11 Å². The van der Waals surface area contributed by atoms with E-state index < -0.39 is 0 Å². The number of carbonyl (C=O) groups excluding carboxylic acids is 1. The first-order chi connectivity index (χ1) is 14.6. The van der Waals surface area contributed by atoms with Crippen LogP contribution in [-0.4, -0.2) is 22.8 Å². The maximum absolute atomic E-state index is 13.1. The lowest BCUT2D eigenvalue weighted by molar-refractivity contribution is 0.0943. The molecule has 0 bridgehead atoms. The summed E-state index contributed by atoms with van der Waals surface area (Å²) in [5.41, 5.74) is 3.55. The van der Waals surface area contributed by atoms with Crippen molar-refractivity contribution in [3.8, 4) is 22.7 Å². The van der Waals surface area contributed by atoms with Crippen LogP contribution in [0.5, 0.6) is 5.75 Å². The molecule has 0 atom stereocenters. The maximum Gasteiger partial charge on any atom is 0.270 e. The quantitative estimate of drug-likeness (QED) is 0.513. The second-order valence-corrected chi connectivity index (χ2v) is 6.70. The number of halogens is 1. The highest BCUT2D eigenvalue weighted by Gasteiger charge is 2.17. The Labute approximate surface area is 173 Å². The highest BCUT2D eigenvalue weighted by Crippen LogP contribution is 2.24. The van der Waals surface area contributed by atoms with E-state index >= 15 is 0 Å². The molecule has 0 spiro atoms. The molecule has 5 nitrogen and oxygen atoms in total. The number of para-hydroxylation sites is 1. The van der Waals surface area contributed by atoms with Crippen molar-refractivity contribution in [1.29, 1.82) is 0 Å². The van der Waals surface area contributed by atoms with Gasteiger partial charge in [0, 0.05) is 12.1 Å². The molecule has 0 fully saturated rings. The van der Waals surface area contributed by atoms with Crippen molar-refractivity contribution in [1.82, 2.24) is 15.1 Å². The van der Waals surface area contributed by atoms with Crippen molar-refractivity contribution in [3.05, 3.63) is 102 Å². The monoisotopic (exact) mass is 401 g/mol. The molecule has 0 radical (unpaired) electrons. The number of benzene rings is 3. The van der Waals surface area contributed by atoms with E-state index in [0.29, 0.717) is 11.4 Å². The van der Waals surface area contributed by atoms with Crippen molar-refractivity contribution < 1.29 is 13.9 Å². The summed E-state index contributed by atoms with van der Waals surface area (Å²) in [4.78, 5) is 13.0. The molecular formula is C24H20FN3O2. The zero-order chi connectivity index (χ0) is 20.9. The highest BCUT2D eigenvalue weighted by molar-refractivity contribution is 5.94. The predicted molar refractivity (Wildman–Crippen MR) is 113 cm³/mol. The molecule has 0 aliphatic carbocycles. The van der Waals surface area contributed by atoms with Crippen LogP contribution in [-0.2, 0) is 6.54 Å². The third kappa shape index (κ3) is 4.22. The number of aromatic nitrogens is 2. The van der Waals surface area contributed by atoms with Crippen LogP contribution in [0.3, 0.4) is 0 Å². The normalized spacial score (nSPS) is 10.6. The van der Waals surface area contributed by atoms with Gasteiger partial charge in [0.05, 0.1) is 18.5 Å². The van der Waals surface area contributed by atoms with Crippen LogP contribution >= 0.6 is 0 Å². The van der Waals surface area contributed by atoms with E-state index in [1.54, 1.807) is 30.0 Å². The molecule has 0 aliphatic rings. The fourth-order valence-electron chi connectivity index (χ4n) is 3.09. The van der Waals surface area contributed by atoms with Crippen molar-refractivity contribution in [3.63, 3.8) is 0 Å². The Morgan fingerprint density at radius 1 is 1.00 bits per heavy atom. The summed E-state index contributed by atoms with van der Waals surface area (Å²) in [7, 11) is 1.61. The maximum atomic E-state index is 13.1. The number of nitrogens with zero attached hydrogens (tertiary/aromatic N) is 2. The summed E-state index contributed by atoms with van der Waals surface area (Å²) in [6.07, 6.45) is 0. The fourth-order valence-corrected chi connectivity index (χ4v) is 3.09. The molecule has 0 unspecified atom stereocenters. The minimum Gasteiger partial charge on any atom is -0.497 e. The second kappa shape index (κ2) is 8.61. The third-order valence-corrected chi connectivity index (χ3v) is 4.69. The van der Waals surface area contributed by atoms with Crippen LogP contribution in [0.1, 0.15) is 16.1 Å². The SMILES string of the molecule is COc1ccc(-c2cc(C(=O)NCc3ccc(F)cc3)n(-c3ccccc3)n2)cc1. The molecule has 6 heteroatoms. The zero-order valence-electron chi connectivity index (χ0n) is 16.4. The molecule has 4 rings (SSSR count). The van der Waals surface area contributed by atoms with Crippen LogP contribution in [0.4, 0.5) is 4.39 Å². The van der Waals surface area contributed by atoms with Gasteiger partial charge in [-0.05, 0) is 60.2 Å². The van der Waals surface area contributed by atoms with Gasteiger partial charge in [-0.1, -0.05) is 30.3 Å². The van der Waals surface area contributed by atoms with E-state index in [1.807, 2.05) is 54.6 Å². The lowest BCUT2D eigenvalue weighted by atomic mass is 10.1. The molecule has 30 heavy (non-hydrogen) atoms. The average molecular weight is 401 g/mol. The van der Waals surface area contributed by atoms with Gasteiger partial charge < -0.3 is 10.1 Å². The molecule has 1 amide bonds. The summed E-state index contributed by atoms with van der Waals surface area (Å²) in [5, 5.41) is 7.54. The van der Waals surface area contributed by atoms with Gasteiger partial charge in [-0.2, -0.15) is 5.10 Å². The van der Waals surface area contributed by atoms with Gasteiger partial charge in [0.15, 0.2) is 0 Å². The number of hydrogen-bond acceptors (Lipinski definition) is 3. The van der Waals surface area contributed by atoms with Gasteiger partial charge in [0.2, 0.25) is 0 Å². The molecule has 0 aliphatic heterocycles. The Morgan fingerprint density at radius 3 is 2.37 bits per heavy atom. The molecule has 1 aromatic heterocycles. The number of hydrogen-bond donors (Lipinski definition) is 1. The van der Waals surface area contributed by atoms with Crippen LogP contribution in [0, 0.1) is 5.82 Å². The summed E-state index contributed by atoms with van der Waals surface area (Å²) in [6.45, 7) is 0.289. The zero-order valence-corrected chi connectivity index (χ0v) is 16.4. The van der Waals surface area contributed by atoms with Gasteiger partial charge in [-0.25, -0.2) is 9.07 Å². The average Bonchev–Trinajstić information content (AvgIpc) is 3.25. The molecule has 3 aromatic carbocycles. The summed E-state index contributed by atoms with van der Waals surface area (Å²) in [5.74, 6) is 0.172. The Bertz CT molecular complexity index is 1140. The van der Waals surface area contributed by atoms with Gasteiger partial charge >= 0.3 is 0 Å².